The van der Waals surface area contributed by atoms with Crippen LogP contribution in [0.5, 0.6) is 0 Å². The minimum absolute atomic E-state index is 0.122. The molecule has 1 aromatic rings. The molecule has 1 amide bonds. The highest BCUT2D eigenvalue weighted by atomic mass is 16.4. The average Bonchev–Trinajstić information content (AvgIpc) is 2.34. The number of hydrogen-bond donors (Lipinski definition) is 1. The van der Waals surface area contributed by atoms with Crippen LogP contribution in [0.2, 0.25) is 0 Å². The van der Waals surface area contributed by atoms with Gasteiger partial charge in [-0.05, 0) is 0 Å². The van der Waals surface area contributed by atoms with E-state index in [9.17, 15) is 4.79 Å². The first-order valence-corrected chi connectivity index (χ1v) is 2.98. The number of carbonyl (C=O) groups excluding carboxylic acids is 1. The number of carbonyl (C=O) groups is 1. The van der Waals surface area contributed by atoms with Crippen molar-refractivity contribution in [2.45, 2.75) is 13.3 Å². The van der Waals surface area contributed by atoms with E-state index in [1.165, 1.54) is 6.20 Å². The third kappa shape index (κ3) is 1.15. The number of rotatable bonds is 2. The number of nitrogens with two attached hydrogens (primary N) is 1. The lowest BCUT2D eigenvalue weighted by Crippen LogP contribution is -2.09. The van der Waals surface area contributed by atoms with Crippen LogP contribution in [-0.4, -0.2) is 10.9 Å². The minimum Gasteiger partial charge on any atom is -0.436 e. The normalized spacial score (nSPS) is 9.70. The van der Waals surface area contributed by atoms with E-state index in [1.807, 2.05) is 6.92 Å². The maximum Gasteiger partial charge on any atom is 0.286 e. The van der Waals surface area contributed by atoms with Gasteiger partial charge in [-0.1, -0.05) is 6.92 Å². The largest absolute Gasteiger partial charge is 0.436 e. The zero-order chi connectivity index (χ0) is 7.56. The molecule has 1 rings (SSSR count). The highest BCUT2D eigenvalue weighted by Gasteiger charge is 2.05. The molecule has 10 heavy (non-hydrogen) atoms. The highest BCUT2D eigenvalue weighted by molar-refractivity contribution is 5.89. The van der Waals surface area contributed by atoms with Crippen molar-refractivity contribution in [1.82, 2.24) is 4.98 Å². The predicted molar refractivity (Wildman–Crippen MR) is 34.4 cm³/mol. The molecule has 0 radical (unpaired) electrons. The van der Waals surface area contributed by atoms with E-state index in [0.29, 0.717) is 12.3 Å². The highest BCUT2D eigenvalue weighted by Crippen LogP contribution is 2.01. The van der Waals surface area contributed by atoms with Gasteiger partial charge in [-0.3, -0.25) is 4.79 Å². The zero-order valence-electron chi connectivity index (χ0n) is 5.63. The van der Waals surface area contributed by atoms with Gasteiger partial charge in [0.1, 0.15) is 0 Å². The molecule has 0 spiro atoms. The molecule has 0 fully saturated rings. The van der Waals surface area contributed by atoms with Crippen LogP contribution in [0.15, 0.2) is 10.6 Å². The van der Waals surface area contributed by atoms with Crippen LogP contribution in [0.4, 0.5) is 0 Å². The first-order valence-electron chi connectivity index (χ1n) is 2.98. The van der Waals surface area contributed by atoms with Gasteiger partial charge in [-0.15, -0.1) is 0 Å². The molecule has 0 saturated carbocycles. The van der Waals surface area contributed by atoms with E-state index < -0.39 is 5.91 Å². The number of aromatic nitrogens is 1. The second-order valence-electron chi connectivity index (χ2n) is 1.84. The van der Waals surface area contributed by atoms with Crippen LogP contribution in [0.25, 0.3) is 0 Å². The SMILES string of the molecule is CCc1ncc(C(N)=O)o1. The van der Waals surface area contributed by atoms with Crippen molar-refractivity contribution in [2.75, 3.05) is 0 Å². The van der Waals surface area contributed by atoms with Gasteiger partial charge < -0.3 is 10.2 Å². The molecule has 54 valence electrons. The summed E-state index contributed by atoms with van der Waals surface area (Å²) < 4.78 is 4.91. The fourth-order valence-electron chi connectivity index (χ4n) is 0.588. The third-order valence-corrected chi connectivity index (χ3v) is 1.10. The Morgan fingerprint density at radius 2 is 2.60 bits per heavy atom. The molecule has 0 saturated heterocycles. The van der Waals surface area contributed by atoms with Gasteiger partial charge >= 0.3 is 0 Å². The van der Waals surface area contributed by atoms with E-state index in [2.05, 4.69) is 4.98 Å². The topological polar surface area (TPSA) is 69.1 Å². The molecule has 0 atom stereocenters. The predicted octanol–water partition coefficient (Wildman–Crippen LogP) is 0.336. The smallest absolute Gasteiger partial charge is 0.286 e. The second-order valence-corrected chi connectivity index (χ2v) is 1.84. The quantitative estimate of drug-likeness (QED) is 0.643. The number of amides is 1. The van der Waals surface area contributed by atoms with Crippen molar-refractivity contribution in [1.29, 1.82) is 0 Å². The van der Waals surface area contributed by atoms with E-state index in [-0.39, 0.29) is 5.76 Å². The van der Waals surface area contributed by atoms with Crippen LogP contribution >= 0.6 is 0 Å². The zero-order valence-corrected chi connectivity index (χ0v) is 5.63. The fourth-order valence-corrected chi connectivity index (χ4v) is 0.588. The summed E-state index contributed by atoms with van der Waals surface area (Å²) in [5, 5.41) is 0. The summed E-state index contributed by atoms with van der Waals surface area (Å²) in [7, 11) is 0. The molecule has 4 heteroatoms. The lowest BCUT2D eigenvalue weighted by molar-refractivity contribution is 0.0972. The molecule has 0 aliphatic heterocycles. The molecule has 1 heterocycles. The molecule has 0 aliphatic rings. The summed E-state index contributed by atoms with van der Waals surface area (Å²) in [5.74, 6) is 0.0813. The number of aryl methyl sites for hydroxylation is 1. The lowest BCUT2D eigenvalue weighted by Gasteiger charge is -1.84. The molecule has 0 bridgehead atoms. The fraction of sp³-hybridized carbons (Fsp3) is 0.333. The van der Waals surface area contributed by atoms with Gasteiger partial charge in [-0.25, -0.2) is 4.98 Å². The van der Waals surface area contributed by atoms with Gasteiger partial charge in [0.2, 0.25) is 5.76 Å². The number of hydrogen-bond acceptors (Lipinski definition) is 3. The molecule has 0 aromatic carbocycles. The number of nitrogens with zero attached hydrogens (tertiary/aromatic N) is 1. The van der Waals surface area contributed by atoms with Crippen LogP contribution in [0.3, 0.4) is 0 Å². The van der Waals surface area contributed by atoms with Crippen LogP contribution in [-0.2, 0) is 6.42 Å². The van der Waals surface area contributed by atoms with Crippen molar-refractivity contribution in [3.05, 3.63) is 17.8 Å². The van der Waals surface area contributed by atoms with Gasteiger partial charge in [0, 0.05) is 6.42 Å². The van der Waals surface area contributed by atoms with Crippen molar-refractivity contribution < 1.29 is 9.21 Å². The van der Waals surface area contributed by atoms with E-state index in [4.69, 9.17) is 10.2 Å². The Morgan fingerprint density at radius 3 is 2.90 bits per heavy atom. The first-order chi connectivity index (χ1) is 4.74. The Morgan fingerprint density at radius 1 is 1.90 bits per heavy atom. The number of primary amides is 1. The van der Waals surface area contributed by atoms with Crippen molar-refractivity contribution in [3.8, 4) is 0 Å². The summed E-state index contributed by atoms with van der Waals surface area (Å²) >= 11 is 0. The van der Waals surface area contributed by atoms with Gasteiger partial charge in [0.05, 0.1) is 6.20 Å². The monoisotopic (exact) mass is 140 g/mol. The van der Waals surface area contributed by atoms with Gasteiger partial charge in [0.25, 0.3) is 5.91 Å². The molecule has 0 unspecified atom stereocenters. The Bertz CT molecular complexity index is 242. The maximum absolute atomic E-state index is 10.4. The number of oxazole rings is 1. The summed E-state index contributed by atoms with van der Waals surface area (Å²) in [6.07, 6.45) is 2.01. The van der Waals surface area contributed by atoms with Crippen molar-refractivity contribution >= 4 is 5.91 Å². The van der Waals surface area contributed by atoms with Crippen LogP contribution in [0, 0.1) is 0 Å². The standard InChI is InChI=1S/C6H8N2O2/c1-2-5-8-3-4(10-5)6(7)9/h3H,2H2,1H3,(H2,7,9). The molecule has 4 nitrogen and oxygen atoms in total. The second kappa shape index (κ2) is 2.51. The summed E-state index contributed by atoms with van der Waals surface area (Å²) in [5.41, 5.74) is 4.91. The average molecular weight is 140 g/mol. The van der Waals surface area contributed by atoms with E-state index in [0.717, 1.165) is 0 Å². The maximum atomic E-state index is 10.4. The molecule has 1 aromatic heterocycles. The minimum atomic E-state index is -0.577. The first kappa shape index (κ1) is 6.80. The van der Waals surface area contributed by atoms with Crippen molar-refractivity contribution in [2.24, 2.45) is 5.73 Å². The summed E-state index contributed by atoms with van der Waals surface area (Å²) in [6.45, 7) is 1.89. The Kier molecular flexibility index (Phi) is 1.71. The molecular weight excluding hydrogens is 132 g/mol. The van der Waals surface area contributed by atoms with Gasteiger partial charge in [-0.2, -0.15) is 0 Å². The Hall–Kier alpha value is -1.32. The van der Waals surface area contributed by atoms with Crippen LogP contribution in [0.1, 0.15) is 23.4 Å². The molecule has 0 aliphatic carbocycles. The van der Waals surface area contributed by atoms with Crippen LogP contribution < -0.4 is 5.73 Å². The Balaban J connectivity index is 2.88. The lowest BCUT2D eigenvalue weighted by atomic mass is 10.5. The van der Waals surface area contributed by atoms with Crippen molar-refractivity contribution in [3.63, 3.8) is 0 Å². The third-order valence-electron chi connectivity index (χ3n) is 1.10. The molecule has 2 N–H and O–H groups in total. The summed E-state index contributed by atoms with van der Waals surface area (Å²) in [6, 6.07) is 0. The van der Waals surface area contributed by atoms with E-state index in [1.54, 1.807) is 0 Å². The van der Waals surface area contributed by atoms with E-state index >= 15 is 0 Å². The Labute approximate surface area is 58.0 Å². The summed E-state index contributed by atoms with van der Waals surface area (Å²) in [4.78, 5) is 14.2. The molecular formula is C6H8N2O2. The van der Waals surface area contributed by atoms with Gasteiger partial charge in [0.15, 0.2) is 5.89 Å².